The molecule has 2 fully saturated rings. The summed E-state index contributed by atoms with van der Waals surface area (Å²) in [7, 11) is 0. The summed E-state index contributed by atoms with van der Waals surface area (Å²) in [6.07, 6.45) is 9.60. The van der Waals surface area contributed by atoms with Gasteiger partial charge < -0.3 is 24.7 Å². The molecule has 1 heterocycles. The van der Waals surface area contributed by atoms with Crippen LogP contribution in [0.4, 0.5) is 17.6 Å². The molecule has 2 aromatic carbocycles. The lowest BCUT2D eigenvalue weighted by molar-refractivity contribution is -0.0521. The molecule has 0 amide bonds. The van der Waals surface area contributed by atoms with Crippen molar-refractivity contribution in [3.63, 3.8) is 0 Å². The van der Waals surface area contributed by atoms with Gasteiger partial charge in [0, 0.05) is 6.21 Å². The molecule has 3 aliphatic rings. The van der Waals surface area contributed by atoms with E-state index in [1.54, 1.807) is 30.5 Å². The molecule has 2 N–H and O–H groups in total. The normalized spacial score (nSPS) is 21.2. The molecule has 5 rings (SSSR count). The Bertz CT molecular complexity index is 1260. The molecule has 10 heteroatoms. The van der Waals surface area contributed by atoms with E-state index in [0.29, 0.717) is 48.3 Å². The van der Waals surface area contributed by atoms with E-state index in [-0.39, 0.29) is 23.0 Å². The molecule has 39 heavy (non-hydrogen) atoms. The van der Waals surface area contributed by atoms with E-state index in [1.165, 1.54) is 12.1 Å². The third kappa shape index (κ3) is 7.75. The average molecular weight is 547 g/mol. The Morgan fingerprint density at radius 3 is 1.77 bits per heavy atom. The lowest BCUT2D eigenvalue weighted by atomic mass is 9.94. The Morgan fingerprint density at radius 2 is 1.28 bits per heavy atom. The largest absolute Gasteiger partial charge is 0.489 e. The summed E-state index contributed by atoms with van der Waals surface area (Å²) in [6.45, 7) is -4.66. The summed E-state index contributed by atoms with van der Waals surface area (Å²) in [5, 5.41) is 0. The van der Waals surface area contributed by atoms with E-state index >= 15 is 0 Å². The number of benzene rings is 2. The fourth-order valence-corrected chi connectivity index (χ4v) is 4.14. The Hall–Kier alpha value is -3.53. The van der Waals surface area contributed by atoms with Crippen molar-refractivity contribution in [2.75, 3.05) is 19.8 Å². The van der Waals surface area contributed by atoms with Crippen molar-refractivity contribution in [2.45, 2.75) is 44.9 Å². The van der Waals surface area contributed by atoms with Gasteiger partial charge in [-0.05, 0) is 90.1 Å². The van der Waals surface area contributed by atoms with Crippen molar-refractivity contribution in [1.29, 1.82) is 0 Å². The van der Waals surface area contributed by atoms with E-state index < -0.39 is 19.3 Å². The van der Waals surface area contributed by atoms with Gasteiger partial charge in [0.25, 0.3) is 0 Å². The molecule has 2 aromatic rings. The summed E-state index contributed by atoms with van der Waals surface area (Å²) in [6, 6.07) is 9.04. The molecule has 0 saturated heterocycles. The molecular formula is C29H30F4N2O4. The maximum atomic E-state index is 12.9. The van der Waals surface area contributed by atoms with Crippen molar-refractivity contribution in [1.82, 2.24) is 0 Å². The maximum absolute atomic E-state index is 12.9. The number of nitrogens with zero attached hydrogens (tertiary/aromatic N) is 1. The van der Waals surface area contributed by atoms with E-state index in [0.717, 1.165) is 31.3 Å². The molecule has 2 saturated carbocycles. The molecule has 1 unspecified atom stereocenters. The Balaban J connectivity index is 1.35. The predicted octanol–water partition coefficient (Wildman–Crippen LogP) is 6.35. The first-order valence-corrected chi connectivity index (χ1v) is 12.9. The number of ether oxygens (including phenoxy) is 4. The Labute approximate surface area is 224 Å². The van der Waals surface area contributed by atoms with Gasteiger partial charge >= 0.3 is 13.2 Å². The molecule has 0 radical (unpaired) electrons. The van der Waals surface area contributed by atoms with Gasteiger partial charge in [-0.25, -0.2) is 0 Å². The van der Waals surface area contributed by atoms with Crippen molar-refractivity contribution in [2.24, 2.45) is 22.6 Å². The second-order valence-electron chi connectivity index (χ2n) is 9.99. The highest BCUT2D eigenvalue weighted by molar-refractivity contribution is 5.90. The van der Waals surface area contributed by atoms with Crippen molar-refractivity contribution < 1.29 is 36.5 Å². The van der Waals surface area contributed by atoms with Gasteiger partial charge in [-0.1, -0.05) is 18.2 Å². The fourth-order valence-electron chi connectivity index (χ4n) is 4.14. The summed E-state index contributed by atoms with van der Waals surface area (Å²) in [5.41, 5.74) is 9.50. The third-order valence-electron chi connectivity index (χ3n) is 6.67. The van der Waals surface area contributed by atoms with Crippen LogP contribution in [0.5, 0.6) is 23.0 Å². The molecule has 0 bridgehead atoms. The predicted molar refractivity (Wildman–Crippen MR) is 140 cm³/mol. The minimum Gasteiger partial charge on any atom is -0.489 e. The van der Waals surface area contributed by atoms with Crippen LogP contribution in [0.1, 0.15) is 36.8 Å². The molecule has 2 aliphatic carbocycles. The summed E-state index contributed by atoms with van der Waals surface area (Å²) in [5.74, 6) is 1.35. The lowest BCUT2D eigenvalue weighted by Crippen LogP contribution is -2.30. The fraction of sp³-hybridized carbons (Fsp3) is 0.414. The highest BCUT2D eigenvalue weighted by atomic mass is 19.3. The molecule has 0 spiro atoms. The maximum Gasteiger partial charge on any atom is 0.387 e. The van der Waals surface area contributed by atoms with Crippen molar-refractivity contribution >= 4 is 18.4 Å². The standard InChI is InChI=1S/C29H30F4N2O4/c30-28(31)38-23-7-5-19(11-25(23)36-15-17-1-2-17)9-21-13-35-14-22(27(21)34)10-20-6-8-24(39-29(32)33)26(12-20)37-16-18-3-4-18/h5-13,17-18,27-29H,1-4,14-16,34H2. The van der Waals surface area contributed by atoms with Gasteiger partial charge in [0.05, 0.1) is 25.8 Å². The van der Waals surface area contributed by atoms with Gasteiger partial charge in [0.15, 0.2) is 23.0 Å². The first kappa shape index (κ1) is 27.1. The van der Waals surface area contributed by atoms with Crippen LogP contribution in [0, 0.1) is 11.8 Å². The summed E-state index contributed by atoms with van der Waals surface area (Å²) < 4.78 is 72.2. The number of nitrogens with two attached hydrogens (primary N) is 1. The number of aliphatic imine (C=N–C) groups is 1. The van der Waals surface area contributed by atoms with Crippen LogP contribution in [0.15, 0.2) is 52.5 Å². The lowest BCUT2D eigenvalue weighted by Gasteiger charge is -2.21. The molecule has 208 valence electrons. The molecule has 1 atom stereocenters. The first-order valence-electron chi connectivity index (χ1n) is 12.9. The zero-order valence-electron chi connectivity index (χ0n) is 21.2. The number of hydrogen-bond donors (Lipinski definition) is 1. The second kappa shape index (κ2) is 12.1. The average Bonchev–Trinajstić information content (AvgIpc) is 3.81. The molecule has 0 aromatic heterocycles. The number of alkyl halides is 4. The first-order chi connectivity index (χ1) is 18.8. The zero-order valence-corrected chi connectivity index (χ0v) is 21.2. The molecular weight excluding hydrogens is 516 g/mol. The van der Waals surface area contributed by atoms with Crippen LogP contribution in [0.25, 0.3) is 12.2 Å². The summed E-state index contributed by atoms with van der Waals surface area (Å²) in [4.78, 5) is 4.43. The van der Waals surface area contributed by atoms with Crippen LogP contribution >= 0.6 is 0 Å². The molecule has 1 aliphatic heterocycles. The van der Waals surface area contributed by atoms with Crippen LogP contribution in [-0.2, 0) is 0 Å². The van der Waals surface area contributed by atoms with Crippen LogP contribution in [0.2, 0.25) is 0 Å². The second-order valence-corrected chi connectivity index (χ2v) is 9.99. The van der Waals surface area contributed by atoms with Gasteiger partial charge in [-0.3, -0.25) is 4.99 Å². The van der Waals surface area contributed by atoms with Crippen molar-refractivity contribution in [3.8, 4) is 23.0 Å². The minimum atomic E-state index is -2.96. The molecule has 6 nitrogen and oxygen atoms in total. The number of rotatable bonds is 12. The quantitative estimate of drug-likeness (QED) is 0.314. The minimum absolute atomic E-state index is 0.0154. The summed E-state index contributed by atoms with van der Waals surface area (Å²) >= 11 is 0. The van der Waals surface area contributed by atoms with Crippen LogP contribution in [-0.4, -0.2) is 45.2 Å². The highest BCUT2D eigenvalue weighted by Crippen LogP contribution is 2.36. The van der Waals surface area contributed by atoms with Crippen molar-refractivity contribution in [3.05, 3.63) is 58.7 Å². The zero-order chi connectivity index (χ0) is 27.4. The van der Waals surface area contributed by atoms with Gasteiger partial charge in [0.2, 0.25) is 0 Å². The van der Waals surface area contributed by atoms with E-state index in [2.05, 4.69) is 14.5 Å². The number of halogens is 4. The Kier molecular flexibility index (Phi) is 8.40. The van der Waals surface area contributed by atoms with Gasteiger partial charge in [0.1, 0.15) is 0 Å². The van der Waals surface area contributed by atoms with Crippen LogP contribution in [0.3, 0.4) is 0 Å². The third-order valence-corrected chi connectivity index (χ3v) is 6.67. The van der Waals surface area contributed by atoms with Crippen LogP contribution < -0.4 is 24.7 Å². The van der Waals surface area contributed by atoms with E-state index in [9.17, 15) is 17.6 Å². The van der Waals surface area contributed by atoms with Gasteiger partial charge in [-0.15, -0.1) is 0 Å². The number of hydrogen-bond acceptors (Lipinski definition) is 6. The van der Waals surface area contributed by atoms with Gasteiger partial charge in [-0.2, -0.15) is 17.6 Å². The Morgan fingerprint density at radius 1 is 0.769 bits per heavy atom. The van der Waals surface area contributed by atoms with E-state index in [1.807, 2.05) is 12.2 Å². The highest BCUT2D eigenvalue weighted by Gasteiger charge is 2.25. The van der Waals surface area contributed by atoms with E-state index in [4.69, 9.17) is 15.2 Å². The topological polar surface area (TPSA) is 75.3 Å². The smallest absolute Gasteiger partial charge is 0.387 e. The monoisotopic (exact) mass is 546 g/mol. The SMILES string of the molecule is NC1C(=Cc2ccc(OC(F)F)c(OCC3CC3)c2)C=NCC1=Cc1ccc(OC(F)F)c(OCC2CC2)c1.